The largest absolute Gasteiger partial charge is 0.489 e. The highest BCUT2D eigenvalue weighted by Crippen LogP contribution is 2.27. The quantitative estimate of drug-likeness (QED) is 0.759. The second-order valence-electron chi connectivity index (χ2n) is 4.29. The summed E-state index contributed by atoms with van der Waals surface area (Å²) in [6, 6.07) is 7.43. The number of aldehydes is 1. The van der Waals surface area contributed by atoms with Crippen molar-refractivity contribution in [2.45, 2.75) is 26.9 Å². The van der Waals surface area contributed by atoms with Crippen molar-refractivity contribution in [2.75, 3.05) is 0 Å². The van der Waals surface area contributed by atoms with Crippen molar-refractivity contribution in [3.63, 3.8) is 0 Å². The van der Waals surface area contributed by atoms with Gasteiger partial charge >= 0.3 is 0 Å². The van der Waals surface area contributed by atoms with E-state index in [0.29, 0.717) is 5.56 Å². The minimum Gasteiger partial charge on any atom is -0.489 e. The lowest BCUT2D eigenvalue weighted by molar-refractivity contribution is 0.112. The molecule has 0 N–H and O–H groups in total. The van der Waals surface area contributed by atoms with Gasteiger partial charge in [-0.15, -0.1) is 0 Å². The number of aromatic nitrogens is 1. The normalized spacial score (nSPS) is 10.8. The van der Waals surface area contributed by atoms with Crippen LogP contribution in [-0.2, 0) is 0 Å². The molecule has 3 nitrogen and oxygen atoms in total. The second kappa shape index (κ2) is 4.53. The van der Waals surface area contributed by atoms with Crippen LogP contribution >= 0.6 is 0 Å². The second-order valence-corrected chi connectivity index (χ2v) is 4.29. The first kappa shape index (κ1) is 11.6. The first-order valence-corrected chi connectivity index (χ1v) is 5.64. The Bertz CT molecular complexity index is 561. The van der Waals surface area contributed by atoms with E-state index in [9.17, 15) is 4.79 Å². The minimum atomic E-state index is 0.0857. The predicted molar refractivity (Wildman–Crippen MR) is 67.6 cm³/mol. The molecule has 17 heavy (non-hydrogen) atoms. The molecule has 1 heterocycles. The summed E-state index contributed by atoms with van der Waals surface area (Å²) in [6.45, 7) is 5.81. The summed E-state index contributed by atoms with van der Waals surface area (Å²) in [5.41, 5.74) is 2.23. The van der Waals surface area contributed by atoms with Crippen molar-refractivity contribution in [2.24, 2.45) is 0 Å². The van der Waals surface area contributed by atoms with Gasteiger partial charge in [-0.2, -0.15) is 0 Å². The monoisotopic (exact) mass is 229 g/mol. The van der Waals surface area contributed by atoms with Crippen molar-refractivity contribution in [3.8, 4) is 5.75 Å². The number of hydrogen-bond donors (Lipinski definition) is 0. The Morgan fingerprint density at radius 2 is 2.12 bits per heavy atom. The van der Waals surface area contributed by atoms with Crippen LogP contribution in [0.25, 0.3) is 10.9 Å². The Labute approximate surface area is 100 Å². The molecule has 0 radical (unpaired) electrons. The van der Waals surface area contributed by atoms with E-state index in [1.54, 1.807) is 6.07 Å². The first-order valence-electron chi connectivity index (χ1n) is 5.64. The fourth-order valence-electron chi connectivity index (χ4n) is 1.83. The number of ether oxygens (including phenoxy) is 1. The van der Waals surface area contributed by atoms with Crippen LogP contribution in [0.5, 0.6) is 5.75 Å². The van der Waals surface area contributed by atoms with E-state index in [1.807, 2.05) is 39.0 Å². The number of fused-ring (bicyclic) bond motifs is 1. The SMILES string of the molecule is Cc1cc(C=O)c2cccc(OC(C)C)c2n1. The van der Waals surface area contributed by atoms with E-state index >= 15 is 0 Å². The molecule has 88 valence electrons. The third-order valence-corrected chi connectivity index (χ3v) is 2.45. The van der Waals surface area contributed by atoms with Gasteiger partial charge in [0, 0.05) is 16.6 Å². The van der Waals surface area contributed by atoms with E-state index in [4.69, 9.17) is 4.74 Å². The van der Waals surface area contributed by atoms with Gasteiger partial charge in [-0.1, -0.05) is 12.1 Å². The molecule has 1 aromatic heterocycles. The van der Waals surface area contributed by atoms with Crippen LogP contribution in [0.1, 0.15) is 29.9 Å². The van der Waals surface area contributed by atoms with E-state index in [-0.39, 0.29) is 6.10 Å². The molecule has 1 aromatic carbocycles. The third kappa shape index (κ3) is 2.28. The number of pyridine rings is 1. The maximum Gasteiger partial charge on any atom is 0.150 e. The number of benzene rings is 1. The number of hydrogen-bond acceptors (Lipinski definition) is 3. The summed E-state index contributed by atoms with van der Waals surface area (Å²) in [5, 5.41) is 0.837. The maximum absolute atomic E-state index is 11.0. The van der Waals surface area contributed by atoms with Crippen LogP contribution < -0.4 is 4.74 Å². The molecule has 0 saturated carbocycles. The summed E-state index contributed by atoms with van der Waals surface area (Å²) in [4.78, 5) is 15.5. The molecule has 0 spiro atoms. The van der Waals surface area contributed by atoms with Crippen molar-refractivity contribution in [1.29, 1.82) is 0 Å². The van der Waals surface area contributed by atoms with Gasteiger partial charge in [0.2, 0.25) is 0 Å². The third-order valence-electron chi connectivity index (χ3n) is 2.45. The molecule has 0 amide bonds. The standard InChI is InChI=1S/C14H15NO2/c1-9(2)17-13-6-4-5-12-11(8-16)7-10(3)15-14(12)13/h4-9H,1-3H3. The molecule has 0 unspecified atom stereocenters. The van der Waals surface area contributed by atoms with Gasteiger partial charge < -0.3 is 4.74 Å². The number of rotatable bonds is 3. The molecular formula is C14H15NO2. The highest BCUT2D eigenvalue weighted by atomic mass is 16.5. The fraction of sp³-hybridized carbons (Fsp3) is 0.286. The number of carbonyl (C=O) groups excluding carboxylic acids is 1. The van der Waals surface area contributed by atoms with E-state index < -0.39 is 0 Å². The van der Waals surface area contributed by atoms with Crippen molar-refractivity contribution >= 4 is 17.2 Å². The van der Waals surface area contributed by atoms with E-state index in [1.165, 1.54) is 0 Å². The molecule has 0 saturated heterocycles. The Balaban J connectivity index is 2.70. The minimum absolute atomic E-state index is 0.0857. The zero-order valence-corrected chi connectivity index (χ0v) is 10.2. The van der Waals surface area contributed by atoms with Gasteiger partial charge in [-0.05, 0) is 32.9 Å². The Kier molecular flexibility index (Phi) is 3.09. The van der Waals surface area contributed by atoms with Gasteiger partial charge in [0.25, 0.3) is 0 Å². The number of aryl methyl sites for hydroxylation is 1. The molecular weight excluding hydrogens is 214 g/mol. The Hall–Kier alpha value is -1.90. The molecule has 0 aliphatic rings. The van der Waals surface area contributed by atoms with Gasteiger partial charge in [0.05, 0.1) is 6.10 Å². The molecule has 0 bridgehead atoms. The highest BCUT2D eigenvalue weighted by molar-refractivity contribution is 5.98. The Morgan fingerprint density at radius 3 is 2.76 bits per heavy atom. The van der Waals surface area contributed by atoms with Crippen LogP contribution in [0.15, 0.2) is 24.3 Å². The summed E-state index contributed by atoms with van der Waals surface area (Å²) in [5.74, 6) is 0.726. The molecule has 0 aliphatic heterocycles. The Morgan fingerprint density at radius 1 is 1.35 bits per heavy atom. The highest BCUT2D eigenvalue weighted by Gasteiger charge is 2.09. The van der Waals surface area contributed by atoms with Gasteiger partial charge in [-0.3, -0.25) is 4.79 Å². The molecule has 3 heteroatoms. The van der Waals surface area contributed by atoms with Crippen LogP contribution in [0.2, 0.25) is 0 Å². The van der Waals surface area contributed by atoms with Crippen molar-refractivity contribution < 1.29 is 9.53 Å². The lowest BCUT2D eigenvalue weighted by Crippen LogP contribution is -2.06. The smallest absolute Gasteiger partial charge is 0.150 e. The van der Waals surface area contributed by atoms with Crippen LogP contribution in [0.3, 0.4) is 0 Å². The molecule has 0 atom stereocenters. The molecule has 0 aliphatic carbocycles. The van der Waals surface area contributed by atoms with Gasteiger partial charge in [0.1, 0.15) is 11.3 Å². The molecule has 0 fully saturated rings. The number of nitrogens with zero attached hydrogens (tertiary/aromatic N) is 1. The van der Waals surface area contributed by atoms with Gasteiger partial charge in [0.15, 0.2) is 6.29 Å². The zero-order chi connectivity index (χ0) is 12.4. The number of carbonyl (C=O) groups is 1. The van der Waals surface area contributed by atoms with Crippen LogP contribution in [0, 0.1) is 6.92 Å². The van der Waals surface area contributed by atoms with Crippen molar-refractivity contribution in [3.05, 3.63) is 35.5 Å². The average molecular weight is 229 g/mol. The maximum atomic E-state index is 11.0. The summed E-state index contributed by atoms with van der Waals surface area (Å²) in [6.07, 6.45) is 0.943. The van der Waals surface area contributed by atoms with Crippen LogP contribution in [0.4, 0.5) is 0 Å². The predicted octanol–water partition coefficient (Wildman–Crippen LogP) is 3.14. The summed E-state index contributed by atoms with van der Waals surface area (Å²) < 4.78 is 5.70. The lowest BCUT2D eigenvalue weighted by Gasteiger charge is -2.12. The van der Waals surface area contributed by atoms with E-state index in [2.05, 4.69) is 4.98 Å². The van der Waals surface area contributed by atoms with Gasteiger partial charge in [-0.25, -0.2) is 4.98 Å². The van der Waals surface area contributed by atoms with E-state index in [0.717, 1.165) is 28.6 Å². The number of para-hydroxylation sites is 1. The molecule has 2 rings (SSSR count). The van der Waals surface area contributed by atoms with Crippen LogP contribution in [-0.4, -0.2) is 17.4 Å². The van der Waals surface area contributed by atoms with Crippen molar-refractivity contribution in [1.82, 2.24) is 4.98 Å². The zero-order valence-electron chi connectivity index (χ0n) is 10.2. The lowest BCUT2D eigenvalue weighted by atomic mass is 10.1. The first-order chi connectivity index (χ1) is 8.11. The topological polar surface area (TPSA) is 39.2 Å². The molecule has 2 aromatic rings. The summed E-state index contributed by atoms with van der Waals surface area (Å²) >= 11 is 0. The fourth-order valence-corrected chi connectivity index (χ4v) is 1.83. The summed E-state index contributed by atoms with van der Waals surface area (Å²) in [7, 11) is 0. The average Bonchev–Trinajstić information content (AvgIpc) is 2.28.